The van der Waals surface area contributed by atoms with Crippen LogP contribution in [0.2, 0.25) is 0 Å². The first-order valence-corrected chi connectivity index (χ1v) is 6.39. The number of hydrogen-bond donors (Lipinski definition) is 0. The molecule has 0 aliphatic carbocycles. The maximum atomic E-state index is 11.6. The van der Waals surface area contributed by atoms with Gasteiger partial charge >= 0.3 is 5.97 Å². The molecule has 0 saturated heterocycles. The van der Waals surface area contributed by atoms with Crippen LogP contribution in [0.25, 0.3) is 11.6 Å². The van der Waals surface area contributed by atoms with Gasteiger partial charge in [0.25, 0.3) is 0 Å². The van der Waals surface area contributed by atoms with E-state index < -0.39 is 0 Å². The maximum absolute atomic E-state index is 11.6. The molecule has 0 aliphatic rings. The van der Waals surface area contributed by atoms with Crippen LogP contribution in [0.5, 0.6) is 0 Å². The Morgan fingerprint density at radius 2 is 1.60 bits per heavy atom. The van der Waals surface area contributed by atoms with E-state index in [2.05, 4.69) is 6.58 Å². The van der Waals surface area contributed by atoms with E-state index in [-0.39, 0.29) is 12.6 Å². The zero-order valence-corrected chi connectivity index (χ0v) is 11.2. The molecule has 0 amide bonds. The van der Waals surface area contributed by atoms with Gasteiger partial charge in [-0.25, -0.2) is 4.79 Å². The summed E-state index contributed by atoms with van der Waals surface area (Å²) in [5.74, 6) is -0.370. The van der Waals surface area contributed by atoms with Crippen molar-refractivity contribution in [3.05, 3.63) is 84.4 Å². The Morgan fingerprint density at radius 1 is 1.00 bits per heavy atom. The molecular weight excluding hydrogens is 248 g/mol. The van der Waals surface area contributed by atoms with Gasteiger partial charge in [0.1, 0.15) is 6.61 Å². The number of hydrogen-bond acceptors (Lipinski definition) is 2. The molecule has 0 radical (unpaired) electrons. The van der Waals surface area contributed by atoms with Crippen LogP contribution in [0.3, 0.4) is 0 Å². The van der Waals surface area contributed by atoms with E-state index in [9.17, 15) is 4.79 Å². The van der Waals surface area contributed by atoms with Gasteiger partial charge < -0.3 is 4.74 Å². The highest BCUT2D eigenvalue weighted by Gasteiger charge is 2.01. The highest BCUT2D eigenvalue weighted by molar-refractivity contribution is 5.87. The quantitative estimate of drug-likeness (QED) is 0.603. The van der Waals surface area contributed by atoms with Crippen molar-refractivity contribution >= 4 is 17.6 Å². The molecule has 0 heterocycles. The molecule has 0 N–H and O–H groups in total. The lowest BCUT2D eigenvalue weighted by Crippen LogP contribution is -2.03. The average molecular weight is 264 g/mol. The number of ether oxygens (including phenoxy) is 1. The molecule has 2 nitrogen and oxygen atoms in total. The minimum Gasteiger partial charge on any atom is -0.458 e. The van der Waals surface area contributed by atoms with Crippen molar-refractivity contribution in [2.75, 3.05) is 6.61 Å². The smallest absolute Gasteiger partial charge is 0.331 e. The number of carbonyl (C=O) groups excluding carboxylic acids is 1. The lowest BCUT2D eigenvalue weighted by atomic mass is 10.1. The third kappa shape index (κ3) is 4.25. The Balaban J connectivity index is 1.84. The second-order valence-corrected chi connectivity index (χ2v) is 4.32. The van der Waals surface area contributed by atoms with Gasteiger partial charge in [0.05, 0.1) is 0 Å². The van der Waals surface area contributed by atoms with Gasteiger partial charge in [0.15, 0.2) is 0 Å². The first-order chi connectivity index (χ1) is 9.75. The SMILES string of the molecule is C=C(COC(=O)/C=C/c1ccccc1)c1ccccc1. The van der Waals surface area contributed by atoms with Crippen LogP contribution in [0.15, 0.2) is 73.3 Å². The summed E-state index contributed by atoms with van der Waals surface area (Å²) in [6, 6.07) is 19.3. The Kier molecular flexibility index (Phi) is 4.90. The van der Waals surface area contributed by atoms with Crippen molar-refractivity contribution in [3.8, 4) is 0 Å². The Hall–Kier alpha value is -2.61. The molecule has 0 atom stereocenters. The average Bonchev–Trinajstić information content (AvgIpc) is 2.52. The lowest BCUT2D eigenvalue weighted by molar-refractivity contribution is -0.136. The molecule has 2 aromatic carbocycles. The van der Waals surface area contributed by atoms with Crippen LogP contribution >= 0.6 is 0 Å². The van der Waals surface area contributed by atoms with E-state index in [0.717, 1.165) is 16.7 Å². The number of rotatable bonds is 5. The molecule has 0 aromatic heterocycles. The summed E-state index contributed by atoms with van der Waals surface area (Å²) < 4.78 is 5.15. The molecule has 2 heteroatoms. The maximum Gasteiger partial charge on any atom is 0.331 e. The molecule has 0 fully saturated rings. The van der Waals surface area contributed by atoms with Crippen molar-refractivity contribution in [1.29, 1.82) is 0 Å². The minimum atomic E-state index is -0.370. The van der Waals surface area contributed by atoms with E-state index in [0.29, 0.717) is 0 Å². The summed E-state index contributed by atoms with van der Waals surface area (Å²) in [5, 5.41) is 0. The van der Waals surface area contributed by atoms with E-state index >= 15 is 0 Å². The highest BCUT2D eigenvalue weighted by Crippen LogP contribution is 2.11. The summed E-state index contributed by atoms with van der Waals surface area (Å²) >= 11 is 0. The van der Waals surface area contributed by atoms with E-state index in [1.165, 1.54) is 6.08 Å². The van der Waals surface area contributed by atoms with Crippen LogP contribution in [-0.2, 0) is 9.53 Å². The van der Waals surface area contributed by atoms with E-state index in [1.54, 1.807) is 6.08 Å². The number of benzene rings is 2. The van der Waals surface area contributed by atoms with Crippen molar-refractivity contribution in [2.24, 2.45) is 0 Å². The van der Waals surface area contributed by atoms with Gasteiger partial charge in [-0.3, -0.25) is 0 Å². The predicted octanol–water partition coefficient (Wildman–Crippen LogP) is 3.96. The summed E-state index contributed by atoms with van der Waals surface area (Å²) in [5.41, 5.74) is 2.73. The largest absolute Gasteiger partial charge is 0.458 e. The first-order valence-electron chi connectivity index (χ1n) is 6.39. The second-order valence-electron chi connectivity index (χ2n) is 4.32. The normalized spacial score (nSPS) is 10.4. The molecule has 0 saturated carbocycles. The minimum absolute atomic E-state index is 0.196. The van der Waals surface area contributed by atoms with Crippen LogP contribution in [-0.4, -0.2) is 12.6 Å². The van der Waals surface area contributed by atoms with Gasteiger partial charge in [-0.2, -0.15) is 0 Å². The molecule has 0 aliphatic heterocycles. The second kappa shape index (κ2) is 7.10. The standard InChI is InChI=1S/C18H16O2/c1-15(17-10-6-3-7-11-17)14-20-18(19)13-12-16-8-4-2-5-9-16/h2-13H,1,14H2/b13-12+. The van der Waals surface area contributed by atoms with Gasteiger partial charge in [0.2, 0.25) is 0 Å². The van der Waals surface area contributed by atoms with Gasteiger partial charge in [-0.05, 0) is 22.8 Å². The fraction of sp³-hybridized carbons (Fsp3) is 0.0556. The van der Waals surface area contributed by atoms with Gasteiger partial charge in [0, 0.05) is 6.08 Å². The molecule has 2 aromatic rings. The molecule has 20 heavy (non-hydrogen) atoms. The van der Waals surface area contributed by atoms with Crippen molar-refractivity contribution in [1.82, 2.24) is 0 Å². The summed E-state index contributed by atoms with van der Waals surface area (Å²) in [4.78, 5) is 11.6. The Bertz CT molecular complexity index is 598. The summed E-state index contributed by atoms with van der Waals surface area (Å²) in [6.07, 6.45) is 3.15. The Morgan fingerprint density at radius 3 is 2.25 bits per heavy atom. The molecule has 0 unspecified atom stereocenters. The molecule has 0 bridgehead atoms. The van der Waals surface area contributed by atoms with E-state index in [4.69, 9.17) is 4.74 Å². The van der Waals surface area contributed by atoms with Crippen LogP contribution < -0.4 is 0 Å². The third-order valence-corrected chi connectivity index (χ3v) is 2.78. The van der Waals surface area contributed by atoms with Crippen LogP contribution in [0.1, 0.15) is 11.1 Å². The van der Waals surface area contributed by atoms with Gasteiger partial charge in [-0.15, -0.1) is 0 Å². The fourth-order valence-corrected chi connectivity index (χ4v) is 1.69. The molecular formula is C18H16O2. The zero-order chi connectivity index (χ0) is 14.2. The summed E-state index contributed by atoms with van der Waals surface area (Å²) in [6.45, 7) is 4.11. The van der Waals surface area contributed by atoms with Crippen molar-refractivity contribution < 1.29 is 9.53 Å². The third-order valence-electron chi connectivity index (χ3n) is 2.78. The zero-order valence-electron chi connectivity index (χ0n) is 11.2. The number of esters is 1. The predicted molar refractivity (Wildman–Crippen MR) is 81.9 cm³/mol. The number of carbonyl (C=O) groups is 1. The van der Waals surface area contributed by atoms with E-state index in [1.807, 2.05) is 60.7 Å². The molecule has 0 spiro atoms. The van der Waals surface area contributed by atoms with Crippen LogP contribution in [0.4, 0.5) is 0 Å². The van der Waals surface area contributed by atoms with Gasteiger partial charge in [-0.1, -0.05) is 67.2 Å². The highest BCUT2D eigenvalue weighted by atomic mass is 16.5. The molecule has 100 valence electrons. The summed E-state index contributed by atoms with van der Waals surface area (Å²) in [7, 11) is 0. The van der Waals surface area contributed by atoms with Crippen molar-refractivity contribution in [3.63, 3.8) is 0 Å². The molecule has 2 rings (SSSR count). The van der Waals surface area contributed by atoms with Crippen molar-refractivity contribution in [2.45, 2.75) is 0 Å². The fourth-order valence-electron chi connectivity index (χ4n) is 1.69. The topological polar surface area (TPSA) is 26.3 Å². The Labute approximate surface area is 119 Å². The van der Waals surface area contributed by atoms with Crippen LogP contribution in [0, 0.1) is 0 Å². The first kappa shape index (κ1) is 13.8. The lowest BCUT2D eigenvalue weighted by Gasteiger charge is -2.05. The monoisotopic (exact) mass is 264 g/mol.